The molecule has 0 spiro atoms. The predicted molar refractivity (Wildman–Crippen MR) is 59.3 cm³/mol. The molecular weight excluding hydrogens is 176 g/mol. The number of nitrogens with zero attached hydrogens (tertiary/aromatic N) is 1. The van der Waals surface area contributed by atoms with Gasteiger partial charge in [0, 0.05) is 26.2 Å². The minimum absolute atomic E-state index is 0.632. The normalized spacial score (nSPS) is 22.3. The summed E-state index contributed by atoms with van der Waals surface area (Å²) in [6.07, 6.45) is 1.16. The number of hydrogen-bond acceptors (Lipinski definition) is 3. The molecule has 2 N–H and O–H groups in total. The molecular formula is C11H24N2O. The Morgan fingerprint density at radius 1 is 1.29 bits per heavy atom. The molecule has 0 saturated carbocycles. The predicted octanol–water partition coefficient (Wildman–Crippen LogP) is 0.940. The molecule has 14 heavy (non-hydrogen) atoms. The Kier molecular flexibility index (Phi) is 5.45. The summed E-state index contributed by atoms with van der Waals surface area (Å²) in [7, 11) is 0. The molecule has 1 rings (SSSR count). The fourth-order valence-electron chi connectivity index (χ4n) is 1.87. The third-order valence-corrected chi connectivity index (χ3v) is 3.05. The van der Waals surface area contributed by atoms with E-state index >= 15 is 0 Å². The third-order valence-electron chi connectivity index (χ3n) is 3.05. The lowest BCUT2D eigenvalue weighted by molar-refractivity contribution is 0.135. The monoisotopic (exact) mass is 200 g/mol. The van der Waals surface area contributed by atoms with Crippen molar-refractivity contribution in [3.8, 4) is 0 Å². The van der Waals surface area contributed by atoms with Crippen LogP contribution in [0.3, 0.4) is 0 Å². The Labute approximate surface area is 87.6 Å². The van der Waals surface area contributed by atoms with Crippen molar-refractivity contribution < 1.29 is 4.74 Å². The van der Waals surface area contributed by atoms with Crippen molar-refractivity contribution in [1.82, 2.24) is 4.90 Å². The van der Waals surface area contributed by atoms with Gasteiger partial charge in [-0.2, -0.15) is 0 Å². The van der Waals surface area contributed by atoms with E-state index in [-0.39, 0.29) is 0 Å². The lowest BCUT2D eigenvalue weighted by atomic mass is 9.95. The van der Waals surface area contributed by atoms with Crippen molar-refractivity contribution in [2.24, 2.45) is 17.6 Å². The van der Waals surface area contributed by atoms with Gasteiger partial charge in [0.15, 0.2) is 0 Å². The van der Waals surface area contributed by atoms with Gasteiger partial charge < -0.3 is 15.4 Å². The molecule has 1 aliphatic rings. The highest BCUT2D eigenvalue weighted by Gasteiger charge is 2.17. The molecule has 0 radical (unpaired) electrons. The van der Waals surface area contributed by atoms with E-state index in [0.29, 0.717) is 11.8 Å². The quantitative estimate of drug-likeness (QED) is 0.734. The van der Waals surface area contributed by atoms with Crippen LogP contribution in [-0.2, 0) is 4.74 Å². The van der Waals surface area contributed by atoms with Gasteiger partial charge in [0.05, 0.1) is 6.61 Å². The first-order valence-electron chi connectivity index (χ1n) is 5.74. The molecule has 1 saturated heterocycles. The highest BCUT2D eigenvalue weighted by Crippen LogP contribution is 2.12. The smallest absolute Gasteiger partial charge is 0.0593 e. The van der Waals surface area contributed by atoms with Crippen LogP contribution in [0.4, 0.5) is 0 Å². The highest BCUT2D eigenvalue weighted by atomic mass is 16.5. The summed E-state index contributed by atoms with van der Waals surface area (Å²) in [5.74, 6) is 1.32. The van der Waals surface area contributed by atoms with Crippen LogP contribution in [-0.4, -0.2) is 44.3 Å². The molecule has 0 aliphatic carbocycles. The Balaban J connectivity index is 2.32. The van der Waals surface area contributed by atoms with Gasteiger partial charge in [-0.1, -0.05) is 13.8 Å². The zero-order chi connectivity index (χ0) is 10.4. The molecule has 0 aromatic carbocycles. The lowest BCUT2D eigenvalue weighted by Gasteiger charge is -2.27. The zero-order valence-corrected chi connectivity index (χ0v) is 9.54. The van der Waals surface area contributed by atoms with Gasteiger partial charge in [0.1, 0.15) is 0 Å². The molecule has 1 aliphatic heterocycles. The summed E-state index contributed by atoms with van der Waals surface area (Å²) >= 11 is 0. The van der Waals surface area contributed by atoms with Gasteiger partial charge in [0.2, 0.25) is 0 Å². The first-order valence-corrected chi connectivity index (χ1v) is 5.74. The fraction of sp³-hybridized carbons (Fsp3) is 1.00. The van der Waals surface area contributed by atoms with Crippen molar-refractivity contribution in [1.29, 1.82) is 0 Å². The van der Waals surface area contributed by atoms with Crippen LogP contribution in [0, 0.1) is 11.8 Å². The maximum absolute atomic E-state index is 5.77. The summed E-state index contributed by atoms with van der Waals surface area (Å²) < 4.78 is 5.43. The Bertz CT molecular complexity index is 142. The second-order valence-electron chi connectivity index (χ2n) is 4.51. The topological polar surface area (TPSA) is 38.5 Å². The molecule has 0 aromatic rings. The maximum Gasteiger partial charge on any atom is 0.0593 e. The summed E-state index contributed by atoms with van der Waals surface area (Å²) in [6.45, 7) is 10.5. The van der Waals surface area contributed by atoms with Crippen LogP contribution in [0.2, 0.25) is 0 Å². The molecule has 1 heterocycles. The number of rotatable bonds is 4. The second kappa shape index (κ2) is 6.38. The van der Waals surface area contributed by atoms with E-state index in [4.69, 9.17) is 10.5 Å². The first kappa shape index (κ1) is 12.0. The number of hydrogen-bond donors (Lipinski definition) is 1. The van der Waals surface area contributed by atoms with Crippen molar-refractivity contribution in [2.75, 3.05) is 39.4 Å². The number of nitrogens with two attached hydrogens (primary N) is 1. The summed E-state index contributed by atoms with van der Waals surface area (Å²) in [5, 5.41) is 0. The van der Waals surface area contributed by atoms with E-state index in [2.05, 4.69) is 18.7 Å². The molecule has 84 valence electrons. The van der Waals surface area contributed by atoms with Crippen LogP contribution < -0.4 is 5.73 Å². The molecule has 1 atom stereocenters. The van der Waals surface area contributed by atoms with Gasteiger partial charge in [-0.3, -0.25) is 0 Å². The SMILES string of the molecule is CC(C)C(CN)CN1CCCOCC1. The average Bonchev–Trinajstić information content (AvgIpc) is 2.41. The number of ether oxygens (including phenoxy) is 1. The van der Waals surface area contributed by atoms with Crippen LogP contribution in [0.5, 0.6) is 0 Å². The van der Waals surface area contributed by atoms with E-state index in [9.17, 15) is 0 Å². The van der Waals surface area contributed by atoms with Gasteiger partial charge in [0.25, 0.3) is 0 Å². The molecule has 1 fully saturated rings. The molecule has 3 heteroatoms. The van der Waals surface area contributed by atoms with Crippen LogP contribution in [0.15, 0.2) is 0 Å². The van der Waals surface area contributed by atoms with Gasteiger partial charge in [-0.15, -0.1) is 0 Å². The third kappa shape index (κ3) is 3.95. The largest absolute Gasteiger partial charge is 0.380 e. The van der Waals surface area contributed by atoms with Crippen LogP contribution in [0.1, 0.15) is 20.3 Å². The lowest BCUT2D eigenvalue weighted by Crippen LogP contribution is -2.36. The van der Waals surface area contributed by atoms with E-state index in [1.807, 2.05) is 0 Å². The van der Waals surface area contributed by atoms with E-state index < -0.39 is 0 Å². The Morgan fingerprint density at radius 2 is 2.07 bits per heavy atom. The minimum atomic E-state index is 0.632. The molecule has 3 nitrogen and oxygen atoms in total. The average molecular weight is 200 g/mol. The van der Waals surface area contributed by atoms with Crippen molar-refractivity contribution >= 4 is 0 Å². The molecule has 1 unspecified atom stereocenters. The molecule has 0 aromatic heterocycles. The van der Waals surface area contributed by atoms with Crippen molar-refractivity contribution in [3.05, 3.63) is 0 Å². The van der Waals surface area contributed by atoms with Gasteiger partial charge >= 0.3 is 0 Å². The Morgan fingerprint density at radius 3 is 2.71 bits per heavy atom. The highest BCUT2D eigenvalue weighted by molar-refractivity contribution is 4.70. The molecule has 0 amide bonds. The summed E-state index contributed by atoms with van der Waals surface area (Å²) in [4.78, 5) is 2.49. The second-order valence-corrected chi connectivity index (χ2v) is 4.51. The van der Waals surface area contributed by atoms with Crippen LogP contribution >= 0.6 is 0 Å². The van der Waals surface area contributed by atoms with Crippen molar-refractivity contribution in [3.63, 3.8) is 0 Å². The first-order chi connectivity index (χ1) is 6.74. The van der Waals surface area contributed by atoms with Crippen LogP contribution in [0.25, 0.3) is 0 Å². The summed E-state index contributed by atoms with van der Waals surface area (Å²) in [6, 6.07) is 0. The van der Waals surface area contributed by atoms with Gasteiger partial charge in [-0.05, 0) is 24.8 Å². The van der Waals surface area contributed by atoms with Crippen molar-refractivity contribution in [2.45, 2.75) is 20.3 Å². The van der Waals surface area contributed by atoms with E-state index in [1.165, 1.54) is 6.54 Å². The maximum atomic E-state index is 5.77. The van der Waals surface area contributed by atoms with E-state index in [0.717, 1.165) is 39.3 Å². The Hall–Kier alpha value is -0.120. The zero-order valence-electron chi connectivity index (χ0n) is 9.54. The van der Waals surface area contributed by atoms with E-state index in [1.54, 1.807) is 0 Å². The molecule has 0 bridgehead atoms. The fourth-order valence-corrected chi connectivity index (χ4v) is 1.87. The summed E-state index contributed by atoms with van der Waals surface area (Å²) in [5.41, 5.74) is 5.77. The minimum Gasteiger partial charge on any atom is -0.380 e. The standard InChI is InChI=1S/C11H24N2O/c1-10(2)11(8-12)9-13-4-3-6-14-7-5-13/h10-11H,3-9,12H2,1-2H3. The van der Waals surface area contributed by atoms with Gasteiger partial charge in [-0.25, -0.2) is 0 Å².